The van der Waals surface area contributed by atoms with Crippen LogP contribution in [0.3, 0.4) is 0 Å². The molecule has 0 saturated heterocycles. The fourth-order valence-electron chi connectivity index (χ4n) is 1.70. The summed E-state index contributed by atoms with van der Waals surface area (Å²) in [4.78, 5) is 16.1. The van der Waals surface area contributed by atoms with Gasteiger partial charge in [-0.1, -0.05) is 38.1 Å². The van der Waals surface area contributed by atoms with E-state index in [1.54, 1.807) is 0 Å². The molecular weight excluding hydrogens is 240 g/mol. The number of hydrogen-bond acceptors (Lipinski definition) is 3. The van der Waals surface area contributed by atoms with E-state index < -0.39 is 0 Å². The number of nitrogens with zero attached hydrogens (tertiary/aromatic N) is 2. The summed E-state index contributed by atoms with van der Waals surface area (Å²) in [6.45, 7) is 6.49. The lowest BCUT2D eigenvalue weighted by atomic mass is 10.1. The average Bonchev–Trinajstić information content (AvgIpc) is 2.87. The molecule has 19 heavy (non-hydrogen) atoms. The van der Waals surface area contributed by atoms with E-state index >= 15 is 0 Å². The molecular formula is C14H18N4O. The van der Waals surface area contributed by atoms with E-state index in [2.05, 4.69) is 20.5 Å². The molecule has 0 aliphatic heterocycles. The van der Waals surface area contributed by atoms with Gasteiger partial charge in [-0.3, -0.25) is 9.89 Å². The molecule has 5 heteroatoms. The van der Waals surface area contributed by atoms with Crippen molar-refractivity contribution in [2.75, 3.05) is 0 Å². The normalized spacial score (nSPS) is 10.7. The maximum Gasteiger partial charge on any atom is 0.291 e. The van der Waals surface area contributed by atoms with Crippen LogP contribution in [-0.4, -0.2) is 21.1 Å². The molecule has 0 atom stereocenters. The third-order valence-electron chi connectivity index (χ3n) is 2.95. The first kappa shape index (κ1) is 13.3. The van der Waals surface area contributed by atoms with E-state index in [0.717, 1.165) is 17.0 Å². The third-order valence-corrected chi connectivity index (χ3v) is 2.95. The standard InChI is InChI=1S/C14H18N4O/c1-9(2)12-16-13(18-17-12)14(19)15-8-11-7-5-4-6-10(11)3/h4-7,9H,8H2,1-3H3,(H,15,19)(H,16,17,18). The second-order valence-electron chi connectivity index (χ2n) is 4.81. The first-order valence-corrected chi connectivity index (χ1v) is 6.33. The molecule has 100 valence electrons. The number of benzene rings is 1. The van der Waals surface area contributed by atoms with Crippen molar-refractivity contribution >= 4 is 5.91 Å². The Morgan fingerprint density at radius 3 is 2.74 bits per heavy atom. The van der Waals surface area contributed by atoms with E-state index in [-0.39, 0.29) is 17.6 Å². The summed E-state index contributed by atoms with van der Waals surface area (Å²) in [6, 6.07) is 7.95. The van der Waals surface area contributed by atoms with Crippen molar-refractivity contribution in [2.45, 2.75) is 33.2 Å². The predicted molar refractivity (Wildman–Crippen MR) is 72.8 cm³/mol. The van der Waals surface area contributed by atoms with Crippen LogP contribution >= 0.6 is 0 Å². The highest BCUT2D eigenvalue weighted by molar-refractivity contribution is 5.90. The maximum absolute atomic E-state index is 11.9. The van der Waals surface area contributed by atoms with Gasteiger partial charge in [0, 0.05) is 12.5 Å². The molecule has 0 bridgehead atoms. The van der Waals surface area contributed by atoms with Crippen molar-refractivity contribution in [1.82, 2.24) is 20.5 Å². The van der Waals surface area contributed by atoms with Crippen LogP contribution in [0.25, 0.3) is 0 Å². The van der Waals surface area contributed by atoms with Crippen LogP contribution < -0.4 is 5.32 Å². The van der Waals surface area contributed by atoms with Crippen LogP contribution in [0.2, 0.25) is 0 Å². The zero-order chi connectivity index (χ0) is 13.8. The highest BCUT2D eigenvalue weighted by atomic mass is 16.2. The van der Waals surface area contributed by atoms with Crippen LogP contribution in [0.4, 0.5) is 0 Å². The Hall–Kier alpha value is -2.17. The van der Waals surface area contributed by atoms with Crippen LogP contribution in [0.15, 0.2) is 24.3 Å². The average molecular weight is 258 g/mol. The number of rotatable bonds is 4. The van der Waals surface area contributed by atoms with E-state index in [1.807, 2.05) is 45.0 Å². The fourth-order valence-corrected chi connectivity index (χ4v) is 1.70. The molecule has 5 nitrogen and oxygen atoms in total. The van der Waals surface area contributed by atoms with E-state index in [0.29, 0.717) is 6.54 Å². The second-order valence-corrected chi connectivity index (χ2v) is 4.81. The molecule has 0 radical (unpaired) electrons. The molecule has 0 aliphatic rings. The second kappa shape index (κ2) is 5.65. The van der Waals surface area contributed by atoms with Gasteiger partial charge in [0.05, 0.1) is 0 Å². The van der Waals surface area contributed by atoms with Crippen LogP contribution in [0, 0.1) is 6.92 Å². The zero-order valence-corrected chi connectivity index (χ0v) is 11.4. The number of H-pyrrole nitrogens is 1. The van der Waals surface area contributed by atoms with Gasteiger partial charge < -0.3 is 5.32 Å². The highest BCUT2D eigenvalue weighted by Crippen LogP contribution is 2.08. The van der Waals surface area contributed by atoms with Crippen molar-refractivity contribution in [1.29, 1.82) is 0 Å². The monoisotopic (exact) mass is 258 g/mol. The Balaban J connectivity index is 1.99. The minimum absolute atomic E-state index is 0.192. The van der Waals surface area contributed by atoms with Gasteiger partial charge in [-0.25, -0.2) is 4.98 Å². The summed E-state index contributed by atoms with van der Waals surface area (Å²) in [5, 5.41) is 9.52. The maximum atomic E-state index is 11.9. The highest BCUT2D eigenvalue weighted by Gasteiger charge is 2.13. The van der Waals surface area contributed by atoms with E-state index in [4.69, 9.17) is 0 Å². The van der Waals surface area contributed by atoms with Crippen LogP contribution in [0.5, 0.6) is 0 Å². The van der Waals surface area contributed by atoms with Crippen LogP contribution in [-0.2, 0) is 6.54 Å². The molecule has 0 aliphatic carbocycles. The van der Waals surface area contributed by atoms with Crippen molar-refractivity contribution < 1.29 is 4.79 Å². The molecule has 0 spiro atoms. The summed E-state index contributed by atoms with van der Waals surface area (Å²) < 4.78 is 0. The summed E-state index contributed by atoms with van der Waals surface area (Å²) in [5.41, 5.74) is 2.25. The summed E-state index contributed by atoms with van der Waals surface area (Å²) in [7, 11) is 0. The number of carbonyl (C=O) groups excluding carboxylic acids is 1. The number of hydrogen-bond donors (Lipinski definition) is 2. The van der Waals surface area contributed by atoms with Gasteiger partial charge in [-0.15, -0.1) is 5.10 Å². The lowest BCUT2D eigenvalue weighted by Gasteiger charge is -2.05. The lowest BCUT2D eigenvalue weighted by Crippen LogP contribution is -2.24. The Labute approximate surface area is 112 Å². The van der Waals surface area contributed by atoms with Crippen molar-refractivity contribution in [3.63, 3.8) is 0 Å². The number of carbonyl (C=O) groups is 1. The number of nitrogens with one attached hydrogen (secondary N) is 2. The largest absolute Gasteiger partial charge is 0.345 e. The third kappa shape index (κ3) is 3.19. The number of aryl methyl sites for hydroxylation is 1. The predicted octanol–water partition coefficient (Wildman–Crippen LogP) is 2.17. The van der Waals surface area contributed by atoms with Gasteiger partial charge in [0.1, 0.15) is 5.82 Å². The summed E-state index contributed by atoms with van der Waals surface area (Å²) in [5.74, 6) is 0.884. The first-order valence-electron chi connectivity index (χ1n) is 6.33. The van der Waals surface area contributed by atoms with Crippen molar-refractivity contribution in [3.05, 3.63) is 47.0 Å². The lowest BCUT2D eigenvalue weighted by molar-refractivity contribution is 0.0941. The zero-order valence-electron chi connectivity index (χ0n) is 11.4. The molecule has 2 aromatic rings. The van der Waals surface area contributed by atoms with Crippen molar-refractivity contribution in [3.8, 4) is 0 Å². The molecule has 0 saturated carbocycles. The Morgan fingerprint density at radius 2 is 2.11 bits per heavy atom. The molecule has 0 fully saturated rings. The quantitative estimate of drug-likeness (QED) is 0.883. The SMILES string of the molecule is Cc1ccccc1CNC(=O)c1n[nH]c(C(C)C)n1. The Bertz CT molecular complexity index is 574. The minimum Gasteiger partial charge on any atom is -0.345 e. The molecule has 1 aromatic heterocycles. The Kier molecular flexibility index (Phi) is 3.94. The summed E-state index contributed by atoms with van der Waals surface area (Å²) >= 11 is 0. The molecule has 2 rings (SSSR count). The fraction of sp³-hybridized carbons (Fsp3) is 0.357. The van der Waals surface area contributed by atoms with Gasteiger partial charge in [0.15, 0.2) is 0 Å². The van der Waals surface area contributed by atoms with Gasteiger partial charge >= 0.3 is 0 Å². The molecule has 1 amide bonds. The Morgan fingerprint density at radius 1 is 1.37 bits per heavy atom. The van der Waals surface area contributed by atoms with E-state index in [1.165, 1.54) is 0 Å². The summed E-state index contributed by atoms with van der Waals surface area (Å²) in [6.07, 6.45) is 0. The van der Waals surface area contributed by atoms with Gasteiger partial charge in [0.2, 0.25) is 5.82 Å². The number of aromatic nitrogens is 3. The number of amides is 1. The smallest absolute Gasteiger partial charge is 0.291 e. The van der Waals surface area contributed by atoms with Gasteiger partial charge in [-0.05, 0) is 18.1 Å². The van der Waals surface area contributed by atoms with Crippen LogP contribution in [0.1, 0.15) is 47.3 Å². The topological polar surface area (TPSA) is 70.7 Å². The molecule has 1 aromatic carbocycles. The number of aromatic amines is 1. The van der Waals surface area contributed by atoms with Crippen molar-refractivity contribution in [2.24, 2.45) is 0 Å². The molecule has 2 N–H and O–H groups in total. The molecule has 0 unspecified atom stereocenters. The minimum atomic E-state index is -0.258. The molecule has 1 heterocycles. The van der Waals surface area contributed by atoms with Gasteiger partial charge in [0.25, 0.3) is 5.91 Å². The first-order chi connectivity index (χ1) is 9.08. The van der Waals surface area contributed by atoms with Gasteiger partial charge in [-0.2, -0.15) is 0 Å². The van der Waals surface area contributed by atoms with E-state index in [9.17, 15) is 4.79 Å².